The van der Waals surface area contributed by atoms with Crippen LogP contribution >= 0.6 is 0 Å². The molecule has 4 aromatic rings. The zero-order chi connectivity index (χ0) is 27.7. The van der Waals surface area contributed by atoms with E-state index >= 15 is 0 Å². The number of benzene rings is 1. The van der Waals surface area contributed by atoms with Crippen LogP contribution in [-0.2, 0) is 22.5 Å². The lowest BCUT2D eigenvalue weighted by Gasteiger charge is -2.24. The Hall–Kier alpha value is -4.12. The third-order valence-electron chi connectivity index (χ3n) is 6.14. The Kier molecular flexibility index (Phi) is 7.32. The number of sulfonamides is 1. The van der Waals surface area contributed by atoms with Gasteiger partial charge in [0.05, 0.1) is 24.3 Å². The summed E-state index contributed by atoms with van der Waals surface area (Å²) in [4.78, 5) is 8.35. The summed E-state index contributed by atoms with van der Waals surface area (Å²) in [5.41, 5.74) is 2.99. The molecule has 0 saturated heterocycles. The number of fused-ring (bicyclic) bond motifs is 1. The van der Waals surface area contributed by atoms with Crippen molar-refractivity contribution >= 4 is 27.6 Å². The van der Waals surface area contributed by atoms with Crippen LogP contribution in [-0.4, -0.2) is 51.0 Å². The maximum absolute atomic E-state index is 14.1. The van der Waals surface area contributed by atoms with Crippen LogP contribution in [0.3, 0.4) is 0 Å². The number of hydrazone groups is 1. The molecule has 0 bridgehead atoms. The highest BCUT2D eigenvalue weighted by atomic mass is 32.2. The Morgan fingerprint density at radius 3 is 2.53 bits per heavy atom. The molecule has 0 amide bonds. The Morgan fingerprint density at radius 2 is 1.87 bits per heavy atom. The van der Waals surface area contributed by atoms with E-state index in [4.69, 9.17) is 0 Å². The molecule has 0 radical (unpaired) electrons. The fraction of sp³-hybridized carbons (Fsp3) is 0.259. The molecule has 0 spiro atoms. The van der Waals surface area contributed by atoms with Crippen molar-refractivity contribution in [2.75, 3.05) is 7.05 Å². The van der Waals surface area contributed by atoms with Crippen molar-refractivity contribution in [1.82, 2.24) is 23.6 Å². The highest BCUT2D eigenvalue weighted by molar-refractivity contribution is 7.89. The van der Waals surface area contributed by atoms with E-state index in [9.17, 15) is 12.8 Å². The Labute approximate surface area is 221 Å². The van der Waals surface area contributed by atoms with Gasteiger partial charge in [0.25, 0.3) is 0 Å². The minimum absolute atomic E-state index is 0.0825. The lowest BCUT2D eigenvalue weighted by molar-refractivity contribution is 0.485. The van der Waals surface area contributed by atoms with Gasteiger partial charge in [-0.15, -0.1) is 0 Å². The molecule has 0 saturated carbocycles. The molecule has 0 atom stereocenters. The number of imidazole rings is 1. The molecule has 0 aliphatic rings. The summed E-state index contributed by atoms with van der Waals surface area (Å²) in [6, 6.07) is 9.57. The summed E-state index contributed by atoms with van der Waals surface area (Å²) in [6.07, 6.45) is 9.79. The zero-order valence-corrected chi connectivity index (χ0v) is 23.0. The minimum Gasteiger partial charge on any atom is -0.292 e. The van der Waals surface area contributed by atoms with Crippen molar-refractivity contribution in [3.63, 3.8) is 0 Å². The second-order valence-electron chi connectivity index (χ2n) is 9.52. The van der Waals surface area contributed by atoms with Gasteiger partial charge in [0, 0.05) is 37.6 Å². The van der Waals surface area contributed by atoms with Gasteiger partial charge >= 0.3 is 10.0 Å². The molecule has 0 N–H and O–H groups in total. The number of pyridine rings is 1. The molecule has 0 aliphatic carbocycles. The van der Waals surface area contributed by atoms with Crippen LogP contribution in [0.25, 0.3) is 16.8 Å². The van der Waals surface area contributed by atoms with Gasteiger partial charge in [-0.3, -0.25) is 14.1 Å². The van der Waals surface area contributed by atoms with Gasteiger partial charge in [0.2, 0.25) is 0 Å². The SMILES string of the molecule is CN=C(C)/C=N\N(/C(C)=C/C(C)(C)c1cnn(C)c1)S(=O)(=O)c1cnc2ccc(-c3cccc(F)c3)cn12. The number of nitrogens with zero attached hydrogens (tertiary/aromatic N) is 7. The van der Waals surface area contributed by atoms with Gasteiger partial charge in [-0.2, -0.15) is 23.0 Å². The average Bonchev–Trinajstić information content (AvgIpc) is 3.50. The first-order valence-electron chi connectivity index (χ1n) is 11.9. The standard InChI is InChI=1S/C27H30FN7O2S/c1-19(29-5)14-32-35(20(2)13-27(3,4)23-15-31-33(6)18-23)38(36,37)26-16-30-25-11-10-22(17-34(25)26)21-8-7-9-24(28)12-21/h7-18H,1-6H3/b20-13+,29-19?,32-14-. The van der Waals surface area contributed by atoms with Crippen molar-refractivity contribution in [1.29, 1.82) is 0 Å². The number of halogens is 1. The third kappa shape index (κ3) is 5.42. The third-order valence-corrected chi connectivity index (χ3v) is 7.81. The van der Waals surface area contributed by atoms with E-state index in [0.717, 1.165) is 9.98 Å². The molecule has 38 heavy (non-hydrogen) atoms. The Bertz CT molecular complexity index is 1680. The van der Waals surface area contributed by atoms with Crippen LogP contribution in [0.15, 0.2) is 88.1 Å². The molecular weight excluding hydrogens is 505 g/mol. The number of allylic oxidation sites excluding steroid dienone is 2. The normalized spacial score (nSPS) is 13.6. The molecule has 11 heteroatoms. The summed E-state index contributed by atoms with van der Waals surface area (Å²) in [5.74, 6) is -0.383. The predicted molar refractivity (Wildman–Crippen MR) is 147 cm³/mol. The summed E-state index contributed by atoms with van der Waals surface area (Å²) < 4.78 is 46.1. The summed E-state index contributed by atoms with van der Waals surface area (Å²) in [7, 11) is -0.796. The number of aliphatic imine (C=N–C) groups is 1. The van der Waals surface area contributed by atoms with E-state index in [1.165, 1.54) is 28.9 Å². The van der Waals surface area contributed by atoms with Gasteiger partial charge in [-0.25, -0.2) is 9.37 Å². The molecule has 3 heterocycles. The van der Waals surface area contributed by atoms with E-state index in [-0.39, 0.29) is 10.8 Å². The quantitative estimate of drug-likeness (QED) is 0.239. The van der Waals surface area contributed by atoms with Crippen LogP contribution < -0.4 is 0 Å². The number of hydrogen-bond acceptors (Lipinski definition) is 6. The van der Waals surface area contributed by atoms with Crippen LogP contribution in [0.1, 0.15) is 33.3 Å². The van der Waals surface area contributed by atoms with Gasteiger partial charge < -0.3 is 0 Å². The molecule has 0 fully saturated rings. The average molecular weight is 536 g/mol. The highest BCUT2D eigenvalue weighted by Gasteiger charge is 2.30. The maximum atomic E-state index is 14.1. The van der Waals surface area contributed by atoms with Crippen molar-refractivity contribution in [2.24, 2.45) is 17.1 Å². The first-order chi connectivity index (χ1) is 17.9. The van der Waals surface area contributed by atoms with Gasteiger partial charge in [-0.1, -0.05) is 32.1 Å². The van der Waals surface area contributed by atoms with Crippen LogP contribution in [0, 0.1) is 5.82 Å². The number of hydrogen-bond donors (Lipinski definition) is 0. The first kappa shape index (κ1) is 26.9. The monoisotopic (exact) mass is 535 g/mol. The predicted octanol–water partition coefficient (Wildman–Crippen LogP) is 4.82. The second-order valence-corrected chi connectivity index (χ2v) is 11.2. The molecule has 3 aromatic heterocycles. The molecule has 4 rings (SSSR count). The van der Waals surface area contributed by atoms with Crippen molar-refractivity contribution in [3.05, 3.63) is 84.3 Å². The molecule has 1 aromatic carbocycles. The van der Waals surface area contributed by atoms with E-state index in [1.54, 1.807) is 62.2 Å². The lowest BCUT2D eigenvalue weighted by atomic mass is 9.86. The van der Waals surface area contributed by atoms with Crippen molar-refractivity contribution in [2.45, 2.75) is 38.1 Å². The van der Waals surface area contributed by atoms with Gasteiger partial charge in [0.1, 0.15) is 11.5 Å². The lowest BCUT2D eigenvalue weighted by Crippen LogP contribution is -2.28. The molecule has 0 aliphatic heterocycles. The van der Waals surface area contributed by atoms with Gasteiger partial charge in [0.15, 0.2) is 5.03 Å². The van der Waals surface area contributed by atoms with E-state index in [2.05, 4.69) is 20.2 Å². The fourth-order valence-electron chi connectivity index (χ4n) is 4.03. The van der Waals surface area contributed by atoms with E-state index in [0.29, 0.717) is 28.2 Å². The molecule has 9 nitrogen and oxygen atoms in total. The second kappa shape index (κ2) is 10.3. The number of aryl methyl sites for hydroxylation is 1. The molecule has 198 valence electrons. The van der Waals surface area contributed by atoms with Crippen molar-refractivity contribution in [3.8, 4) is 11.1 Å². The minimum atomic E-state index is -4.23. The zero-order valence-electron chi connectivity index (χ0n) is 22.2. The first-order valence-corrected chi connectivity index (χ1v) is 13.3. The summed E-state index contributed by atoms with van der Waals surface area (Å²) in [6.45, 7) is 7.36. The number of aromatic nitrogens is 4. The van der Waals surface area contributed by atoms with Crippen molar-refractivity contribution < 1.29 is 12.8 Å². The van der Waals surface area contributed by atoms with E-state index in [1.807, 2.05) is 33.2 Å². The Morgan fingerprint density at radius 1 is 1.11 bits per heavy atom. The molecule has 0 unspecified atom stereocenters. The Balaban J connectivity index is 1.84. The fourth-order valence-corrected chi connectivity index (χ4v) is 5.39. The van der Waals surface area contributed by atoms with Crippen LogP contribution in [0.5, 0.6) is 0 Å². The largest absolute Gasteiger partial charge is 0.300 e. The highest BCUT2D eigenvalue weighted by Crippen LogP contribution is 2.30. The summed E-state index contributed by atoms with van der Waals surface area (Å²) >= 11 is 0. The van der Waals surface area contributed by atoms with Gasteiger partial charge in [-0.05, 0) is 54.8 Å². The van der Waals surface area contributed by atoms with E-state index < -0.39 is 15.4 Å². The van der Waals surface area contributed by atoms with Crippen LogP contribution in [0.2, 0.25) is 0 Å². The summed E-state index contributed by atoms with van der Waals surface area (Å²) in [5, 5.41) is 8.47. The maximum Gasteiger partial charge on any atom is 0.300 e. The topological polar surface area (TPSA) is 97.2 Å². The van der Waals surface area contributed by atoms with Crippen LogP contribution in [0.4, 0.5) is 4.39 Å². The number of rotatable bonds is 8. The smallest absolute Gasteiger partial charge is 0.292 e. The molecular formula is C27H30FN7O2S.